The molecule has 0 bridgehead atoms. The Kier molecular flexibility index (Phi) is 6.38. The molecule has 1 aromatic carbocycles. The van der Waals surface area contributed by atoms with Gasteiger partial charge in [-0.1, -0.05) is 46.9 Å². The van der Waals surface area contributed by atoms with E-state index in [0.29, 0.717) is 23.1 Å². The summed E-state index contributed by atoms with van der Waals surface area (Å²) in [5, 5.41) is 33.9. The molecule has 0 saturated heterocycles. The van der Waals surface area contributed by atoms with Crippen LogP contribution in [0.3, 0.4) is 0 Å². The van der Waals surface area contributed by atoms with Gasteiger partial charge in [-0.15, -0.1) is 15.3 Å². The van der Waals surface area contributed by atoms with Gasteiger partial charge >= 0.3 is 12.0 Å². The minimum Gasteiger partial charge on any atom is -0.492 e. The van der Waals surface area contributed by atoms with Crippen molar-refractivity contribution >= 4 is 62.3 Å². The Morgan fingerprint density at radius 2 is 2.17 bits per heavy atom. The molecule has 4 aromatic rings. The van der Waals surface area contributed by atoms with Crippen LogP contribution in [0.2, 0.25) is 0 Å². The second-order valence-corrected chi connectivity index (χ2v) is 9.36. The summed E-state index contributed by atoms with van der Waals surface area (Å²) in [6, 6.07) is 6.57. The number of thioether (sulfide) groups is 2. The van der Waals surface area contributed by atoms with Crippen molar-refractivity contribution in [2.24, 2.45) is 15.2 Å². The van der Waals surface area contributed by atoms with E-state index in [0.717, 1.165) is 14.7 Å². The standard InChI is InChI=1S/C19H16N10O5S2/c1-33-19(32)28-10-5-3-2-4-9(10)12(17(28)31)22-24-16(30)13-11(8-36-18-21-6-7-35-18)29(27-23-13)15-14(20)25-34-26-15/h2-5,31H,6-8H2,1H3,(H2,20,25). The summed E-state index contributed by atoms with van der Waals surface area (Å²) in [5.74, 6) is -0.232. The van der Waals surface area contributed by atoms with Crippen molar-refractivity contribution in [3.63, 3.8) is 0 Å². The topological polar surface area (TPSA) is 201 Å². The van der Waals surface area contributed by atoms with Gasteiger partial charge in [0, 0.05) is 16.9 Å². The van der Waals surface area contributed by atoms with Gasteiger partial charge in [0.15, 0.2) is 11.4 Å². The van der Waals surface area contributed by atoms with Gasteiger partial charge < -0.3 is 15.6 Å². The molecule has 36 heavy (non-hydrogen) atoms. The van der Waals surface area contributed by atoms with Crippen LogP contribution in [0.5, 0.6) is 5.88 Å². The van der Waals surface area contributed by atoms with Crippen LogP contribution < -0.4 is 5.73 Å². The fraction of sp³-hybridized carbons (Fsp3) is 0.211. The van der Waals surface area contributed by atoms with Crippen LogP contribution in [0.15, 0.2) is 44.1 Å². The number of carbonyl (C=O) groups excluding carboxylic acids is 2. The van der Waals surface area contributed by atoms with Crippen LogP contribution in [-0.4, -0.2) is 70.8 Å². The molecule has 3 N–H and O–H groups in total. The molecule has 15 nitrogen and oxygen atoms in total. The Bertz CT molecular complexity index is 1540. The number of rotatable bonds is 5. The molecule has 1 aliphatic rings. The molecular formula is C19H16N10O5S2. The number of aromatic nitrogens is 6. The normalized spacial score (nSPS) is 13.5. The van der Waals surface area contributed by atoms with Gasteiger partial charge in [0.05, 0.1) is 24.9 Å². The van der Waals surface area contributed by atoms with Crippen LogP contribution in [0, 0.1) is 0 Å². The number of hydrogen-bond acceptors (Lipinski definition) is 14. The molecule has 1 amide bonds. The van der Waals surface area contributed by atoms with E-state index in [1.165, 1.54) is 23.6 Å². The lowest BCUT2D eigenvalue weighted by atomic mass is 10.2. The SMILES string of the molecule is COC(=O)n1c(O)c(N=NC(=O)c2nnn(-c3nonc3N)c2CSC2=NCCS2)c2ccccc21. The fourth-order valence-corrected chi connectivity index (χ4v) is 5.37. The summed E-state index contributed by atoms with van der Waals surface area (Å²) in [6.45, 7) is 0.716. The number of nitrogens with two attached hydrogens (primary N) is 1. The van der Waals surface area contributed by atoms with Gasteiger partial charge in [-0.05, 0) is 16.4 Å². The van der Waals surface area contributed by atoms with Crippen molar-refractivity contribution in [3.05, 3.63) is 35.7 Å². The monoisotopic (exact) mass is 528 g/mol. The number of nitrogen functional groups attached to an aromatic ring is 1. The van der Waals surface area contributed by atoms with Gasteiger partial charge in [-0.25, -0.2) is 14.0 Å². The van der Waals surface area contributed by atoms with Gasteiger partial charge in [0.1, 0.15) is 4.38 Å². The second-order valence-electron chi connectivity index (χ2n) is 7.05. The van der Waals surface area contributed by atoms with Crippen molar-refractivity contribution < 1.29 is 24.1 Å². The average molecular weight is 529 g/mol. The van der Waals surface area contributed by atoms with Gasteiger partial charge in [-0.3, -0.25) is 9.79 Å². The van der Waals surface area contributed by atoms with Crippen molar-refractivity contribution in [2.45, 2.75) is 5.75 Å². The number of amides is 1. The zero-order chi connectivity index (χ0) is 25.2. The lowest BCUT2D eigenvalue weighted by molar-refractivity contribution is 0.0989. The minimum atomic E-state index is -0.845. The fourth-order valence-electron chi connectivity index (χ4n) is 3.36. The summed E-state index contributed by atoms with van der Waals surface area (Å²) in [5.41, 5.74) is 6.25. The number of benzene rings is 1. The van der Waals surface area contributed by atoms with E-state index in [9.17, 15) is 14.7 Å². The first-order valence-corrected chi connectivity index (χ1v) is 12.2. The molecule has 0 saturated carbocycles. The molecule has 0 radical (unpaired) electrons. The van der Waals surface area contributed by atoms with Crippen LogP contribution >= 0.6 is 23.5 Å². The summed E-state index contributed by atoms with van der Waals surface area (Å²) in [4.78, 5) is 29.6. The molecule has 4 heterocycles. The molecule has 17 heteroatoms. The van der Waals surface area contributed by atoms with Gasteiger partial charge in [0.25, 0.3) is 0 Å². The van der Waals surface area contributed by atoms with E-state index in [-0.39, 0.29) is 28.8 Å². The van der Waals surface area contributed by atoms with Crippen molar-refractivity contribution in [2.75, 3.05) is 25.1 Å². The van der Waals surface area contributed by atoms with Crippen molar-refractivity contribution in [1.82, 2.24) is 29.9 Å². The molecular weight excluding hydrogens is 512 g/mol. The largest absolute Gasteiger partial charge is 0.492 e. The number of azo groups is 1. The highest BCUT2D eigenvalue weighted by atomic mass is 32.2. The zero-order valence-corrected chi connectivity index (χ0v) is 20.1. The Morgan fingerprint density at radius 3 is 2.89 bits per heavy atom. The maximum Gasteiger partial charge on any atom is 0.421 e. The predicted octanol–water partition coefficient (Wildman–Crippen LogP) is 2.77. The molecule has 0 unspecified atom stereocenters. The summed E-state index contributed by atoms with van der Waals surface area (Å²) in [7, 11) is 1.18. The molecule has 0 atom stereocenters. The highest BCUT2D eigenvalue weighted by Gasteiger charge is 2.26. The Labute approximate surface area is 209 Å². The van der Waals surface area contributed by atoms with Crippen LogP contribution in [0.25, 0.3) is 16.7 Å². The summed E-state index contributed by atoms with van der Waals surface area (Å²) < 4.78 is 12.4. The number of methoxy groups -OCH3 is 1. The van der Waals surface area contributed by atoms with Gasteiger partial charge in [-0.2, -0.15) is 4.68 Å². The van der Waals surface area contributed by atoms with Crippen LogP contribution in [-0.2, 0) is 10.5 Å². The minimum absolute atomic E-state index is 0.0418. The maximum absolute atomic E-state index is 13.1. The highest BCUT2D eigenvalue weighted by molar-refractivity contribution is 8.38. The number of nitrogens with zero attached hydrogens (tertiary/aromatic N) is 9. The first kappa shape index (κ1) is 23.5. The van der Waals surface area contributed by atoms with Crippen molar-refractivity contribution in [1.29, 1.82) is 0 Å². The zero-order valence-electron chi connectivity index (χ0n) is 18.4. The number of aromatic hydroxyl groups is 1. The van der Waals surface area contributed by atoms with Crippen LogP contribution in [0.4, 0.5) is 16.3 Å². The van der Waals surface area contributed by atoms with E-state index in [1.54, 1.807) is 36.0 Å². The molecule has 1 aliphatic heterocycles. The quantitative estimate of drug-likeness (QED) is 0.359. The predicted molar refractivity (Wildman–Crippen MR) is 130 cm³/mol. The first-order valence-electron chi connectivity index (χ1n) is 10.2. The summed E-state index contributed by atoms with van der Waals surface area (Å²) in [6.07, 6.45) is -0.828. The molecule has 0 aliphatic carbocycles. The second kappa shape index (κ2) is 9.78. The molecule has 3 aromatic heterocycles. The molecule has 5 rings (SSSR count). The van der Waals surface area contributed by atoms with Crippen LogP contribution in [0.1, 0.15) is 16.2 Å². The van der Waals surface area contributed by atoms with E-state index >= 15 is 0 Å². The number of fused-ring (bicyclic) bond motifs is 1. The third-order valence-corrected chi connectivity index (χ3v) is 7.24. The highest BCUT2D eigenvalue weighted by Crippen LogP contribution is 2.39. The Balaban J connectivity index is 1.51. The van der Waals surface area contributed by atoms with E-state index in [4.69, 9.17) is 10.5 Å². The Hall–Kier alpha value is -4.25. The maximum atomic E-state index is 13.1. The number of para-hydroxylation sites is 1. The number of carbonyl (C=O) groups is 2. The molecule has 184 valence electrons. The smallest absolute Gasteiger partial charge is 0.421 e. The third-order valence-electron chi connectivity index (χ3n) is 4.97. The van der Waals surface area contributed by atoms with E-state index in [1.807, 2.05) is 0 Å². The first-order chi connectivity index (χ1) is 17.5. The third kappa shape index (κ3) is 4.17. The molecule has 0 fully saturated rings. The summed E-state index contributed by atoms with van der Waals surface area (Å²) >= 11 is 2.99. The van der Waals surface area contributed by atoms with Crippen molar-refractivity contribution in [3.8, 4) is 11.7 Å². The van der Waals surface area contributed by atoms with Gasteiger partial charge in [0.2, 0.25) is 17.5 Å². The lowest BCUT2D eigenvalue weighted by Gasteiger charge is -2.04. The van der Waals surface area contributed by atoms with E-state index < -0.39 is 17.9 Å². The number of ether oxygens (including phenoxy) is 1. The van der Waals surface area contributed by atoms with E-state index in [2.05, 4.69) is 40.5 Å². The number of anilines is 1. The number of hydrogen-bond donors (Lipinski definition) is 2. The Morgan fingerprint density at radius 1 is 1.33 bits per heavy atom. The average Bonchev–Trinajstić information content (AvgIpc) is 3.67. The lowest BCUT2D eigenvalue weighted by Crippen LogP contribution is -2.10. The molecule has 0 spiro atoms. The number of aliphatic imine (C=N–C) groups is 1.